The number of phenolic OH excluding ortho intramolecular Hbond substituents is 1. The summed E-state index contributed by atoms with van der Waals surface area (Å²) in [6.07, 6.45) is 0. The summed E-state index contributed by atoms with van der Waals surface area (Å²) in [6, 6.07) is 3.77. The van der Waals surface area contributed by atoms with Crippen LogP contribution in [-0.2, 0) is 0 Å². The molecule has 0 aliphatic rings. The van der Waals surface area contributed by atoms with Crippen molar-refractivity contribution in [3.05, 3.63) is 34.5 Å². The molecule has 2 aromatic rings. The van der Waals surface area contributed by atoms with E-state index in [1.807, 2.05) is 47.6 Å². The largest absolute Gasteiger partial charge is 0.508 e. The molecule has 3 nitrogen and oxygen atoms in total. The standard InChI is InChI=1S/C13H16N2O.C2H6/c1-7-5-8(2)12(16)6-11(7)13-9(3)10(4)14-15-13;1-2/h5-6,16H,1-4H3,(H,14,15);1-2H3. The van der Waals surface area contributed by atoms with Crippen LogP contribution in [0, 0.1) is 27.7 Å². The van der Waals surface area contributed by atoms with E-state index in [9.17, 15) is 5.11 Å². The predicted molar refractivity (Wildman–Crippen MR) is 76.0 cm³/mol. The highest BCUT2D eigenvalue weighted by molar-refractivity contribution is 5.69. The molecule has 0 amide bonds. The molecule has 0 saturated heterocycles. The number of benzene rings is 1. The van der Waals surface area contributed by atoms with Crippen molar-refractivity contribution < 1.29 is 5.11 Å². The lowest BCUT2D eigenvalue weighted by atomic mass is 9.99. The van der Waals surface area contributed by atoms with E-state index in [4.69, 9.17) is 0 Å². The third-order valence-corrected chi connectivity index (χ3v) is 3.05. The van der Waals surface area contributed by atoms with Crippen LogP contribution in [0.4, 0.5) is 0 Å². The van der Waals surface area contributed by atoms with Crippen LogP contribution < -0.4 is 0 Å². The Morgan fingerprint density at radius 1 is 1.00 bits per heavy atom. The summed E-state index contributed by atoms with van der Waals surface area (Å²) in [4.78, 5) is 0. The van der Waals surface area contributed by atoms with E-state index >= 15 is 0 Å². The molecule has 3 heteroatoms. The first kappa shape index (κ1) is 14.3. The van der Waals surface area contributed by atoms with Gasteiger partial charge in [-0.05, 0) is 50.5 Å². The van der Waals surface area contributed by atoms with Gasteiger partial charge >= 0.3 is 0 Å². The van der Waals surface area contributed by atoms with Crippen LogP contribution in [0.3, 0.4) is 0 Å². The molecule has 0 radical (unpaired) electrons. The van der Waals surface area contributed by atoms with Gasteiger partial charge in [0.1, 0.15) is 5.75 Å². The van der Waals surface area contributed by atoms with E-state index in [1.54, 1.807) is 6.07 Å². The molecule has 0 unspecified atom stereocenters. The molecule has 0 aliphatic carbocycles. The first-order valence-electron chi connectivity index (χ1n) is 6.33. The molecule has 0 saturated carbocycles. The normalized spacial score (nSPS) is 9.89. The van der Waals surface area contributed by atoms with E-state index in [0.29, 0.717) is 5.75 Å². The second-order valence-electron chi connectivity index (χ2n) is 4.28. The number of aryl methyl sites for hydroxylation is 3. The van der Waals surface area contributed by atoms with E-state index in [-0.39, 0.29) is 0 Å². The molecular formula is C15H22N2O. The maximum atomic E-state index is 9.75. The summed E-state index contributed by atoms with van der Waals surface area (Å²) >= 11 is 0. The average molecular weight is 246 g/mol. The summed E-state index contributed by atoms with van der Waals surface area (Å²) in [5.74, 6) is 0.320. The van der Waals surface area contributed by atoms with Gasteiger partial charge in [0.25, 0.3) is 0 Å². The second-order valence-corrected chi connectivity index (χ2v) is 4.28. The maximum Gasteiger partial charge on any atom is 0.119 e. The maximum absolute atomic E-state index is 9.75. The van der Waals surface area contributed by atoms with Gasteiger partial charge < -0.3 is 5.11 Å². The van der Waals surface area contributed by atoms with Crippen LogP contribution in [0.15, 0.2) is 12.1 Å². The molecule has 0 bridgehead atoms. The predicted octanol–water partition coefficient (Wildman–Crippen LogP) is 4.04. The van der Waals surface area contributed by atoms with Crippen molar-refractivity contribution in [2.75, 3.05) is 0 Å². The lowest BCUT2D eigenvalue weighted by molar-refractivity contribution is 0.471. The first-order valence-corrected chi connectivity index (χ1v) is 6.33. The number of phenols is 1. The van der Waals surface area contributed by atoms with Crippen LogP contribution in [0.1, 0.15) is 36.2 Å². The van der Waals surface area contributed by atoms with Gasteiger partial charge in [-0.3, -0.25) is 5.10 Å². The van der Waals surface area contributed by atoms with Gasteiger partial charge in [-0.15, -0.1) is 0 Å². The molecule has 2 rings (SSSR count). The van der Waals surface area contributed by atoms with Gasteiger partial charge in [0.15, 0.2) is 0 Å². The molecular weight excluding hydrogens is 224 g/mol. The van der Waals surface area contributed by atoms with Crippen LogP contribution >= 0.6 is 0 Å². The highest BCUT2D eigenvalue weighted by Crippen LogP contribution is 2.31. The van der Waals surface area contributed by atoms with Crippen molar-refractivity contribution in [2.24, 2.45) is 0 Å². The van der Waals surface area contributed by atoms with Crippen LogP contribution in [-0.4, -0.2) is 15.3 Å². The van der Waals surface area contributed by atoms with Gasteiger partial charge in [-0.1, -0.05) is 19.9 Å². The Labute approximate surface area is 109 Å². The number of H-pyrrole nitrogens is 1. The zero-order valence-electron chi connectivity index (χ0n) is 12.0. The molecule has 0 aliphatic heterocycles. The van der Waals surface area contributed by atoms with Crippen molar-refractivity contribution in [1.82, 2.24) is 10.2 Å². The SMILES string of the molecule is CC.Cc1cc(C)c(-c2n[nH]c(C)c2C)cc1O. The van der Waals surface area contributed by atoms with Crippen LogP contribution in [0.5, 0.6) is 5.75 Å². The van der Waals surface area contributed by atoms with Crippen LogP contribution in [0.25, 0.3) is 11.3 Å². The minimum absolute atomic E-state index is 0.320. The zero-order valence-corrected chi connectivity index (χ0v) is 12.0. The number of aromatic nitrogens is 2. The van der Waals surface area contributed by atoms with Crippen molar-refractivity contribution in [2.45, 2.75) is 41.5 Å². The van der Waals surface area contributed by atoms with Crippen molar-refractivity contribution in [3.8, 4) is 17.0 Å². The van der Waals surface area contributed by atoms with Crippen molar-refractivity contribution >= 4 is 0 Å². The molecule has 2 N–H and O–H groups in total. The Balaban J connectivity index is 0.000000771. The quantitative estimate of drug-likeness (QED) is 0.797. The monoisotopic (exact) mass is 246 g/mol. The summed E-state index contributed by atoms with van der Waals surface area (Å²) in [5, 5.41) is 17.0. The third kappa shape index (κ3) is 2.55. The molecule has 0 spiro atoms. The highest BCUT2D eigenvalue weighted by atomic mass is 16.3. The number of aromatic amines is 1. The zero-order chi connectivity index (χ0) is 13.9. The summed E-state index contributed by atoms with van der Waals surface area (Å²) in [7, 11) is 0. The minimum Gasteiger partial charge on any atom is -0.508 e. The topological polar surface area (TPSA) is 48.9 Å². The second kappa shape index (κ2) is 5.71. The minimum atomic E-state index is 0.320. The Morgan fingerprint density at radius 2 is 1.61 bits per heavy atom. The number of nitrogens with zero attached hydrogens (tertiary/aromatic N) is 1. The average Bonchev–Trinajstić information content (AvgIpc) is 2.68. The smallest absolute Gasteiger partial charge is 0.119 e. The van der Waals surface area contributed by atoms with Crippen molar-refractivity contribution in [3.63, 3.8) is 0 Å². The van der Waals surface area contributed by atoms with Gasteiger partial charge in [0.05, 0.1) is 5.69 Å². The number of rotatable bonds is 1. The highest BCUT2D eigenvalue weighted by Gasteiger charge is 2.12. The van der Waals surface area contributed by atoms with E-state index in [0.717, 1.165) is 33.6 Å². The molecule has 0 fully saturated rings. The molecule has 1 heterocycles. The fourth-order valence-corrected chi connectivity index (χ4v) is 1.84. The summed E-state index contributed by atoms with van der Waals surface area (Å²) < 4.78 is 0. The van der Waals surface area contributed by atoms with Crippen molar-refractivity contribution in [1.29, 1.82) is 0 Å². The van der Waals surface area contributed by atoms with Crippen LogP contribution in [0.2, 0.25) is 0 Å². The molecule has 18 heavy (non-hydrogen) atoms. The molecule has 1 aromatic heterocycles. The fraction of sp³-hybridized carbons (Fsp3) is 0.400. The van der Waals surface area contributed by atoms with E-state index < -0.39 is 0 Å². The Bertz CT molecular complexity index is 542. The van der Waals surface area contributed by atoms with Gasteiger partial charge in [0.2, 0.25) is 0 Å². The first-order chi connectivity index (χ1) is 8.50. The molecule has 0 atom stereocenters. The number of hydrogen-bond donors (Lipinski definition) is 2. The van der Waals surface area contributed by atoms with Gasteiger partial charge in [-0.2, -0.15) is 5.10 Å². The lowest BCUT2D eigenvalue weighted by Crippen LogP contribution is -1.88. The lowest BCUT2D eigenvalue weighted by Gasteiger charge is -2.07. The Kier molecular flexibility index (Phi) is 4.54. The summed E-state index contributed by atoms with van der Waals surface area (Å²) in [5.41, 5.74) is 6.13. The van der Waals surface area contributed by atoms with Gasteiger partial charge in [0, 0.05) is 11.3 Å². The Hall–Kier alpha value is -1.77. The fourth-order valence-electron chi connectivity index (χ4n) is 1.84. The number of aromatic hydroxyl groups is 1. The van der Waals surface area contributed by atoms with E-state index in [2.05, 4.69) is 10.2 Å². The number of nitrogens with one attached hydrogen (secondary N) is 1. The Morgan fingerprint density at radius 3 is 2.11 bits per heavy atom. The third-order valence-electron chi connectivity index (χ3n) is 3.05. The summed E-state index contributed by atoms with van der Waals surface area (Å²) in [6.45, 7) is 12.0. The van der Waals surface area contributed by atoms with Gasteiger partial charge in [-0.25, -0.2) is 0 Å². The van der Waals surface area contributed by atoms with E-state index in [1.165, 1.54) is 0 Å². The molecule has 98 valence electrons. The number of hydrogen-bond acceptors (Lipinski definition) is 2. The molecule has 1 aromatic carbocycles.